The molecule has 0 aliphatic heterocycles. The Morgan fingerprint density at radius 2 is 1.60 bits per heavy atom. The number of anilines is 2. The molecule has 0 aliphatic carbocycles. The van der Waals surface area contributed by atoms with Gasteiger partial charge in [-0.25, -0.2) is 9.37 Å². The highest BCUT2D eigenvalue weighted by molar-refractivity contribution is 8.00. The number of ether oxygens (including phenoxy) is 2. The predicted molar refractivity (Wildman–Crippen MR) is 188 cm³/mol. The van der Waals surface area contributed by atoms with Gasteiger partial charge in [-0.1, -0.05) is 30.3 Å². The van der Waals surface area contributed by atoms with Gasteiger partial charge >= 0.3 is 0 Å². The number of thioether (sulfide) groups is 1. The fraction of sp³-hybridized carbons (Fsp3) is 0.111. The van der Waals surface area contributed by atoms with Gasteiger partial charge in [0.2, 0.25) is 5.91 Å². The number of rotatable bonds is 12. The van der Waals surface area contributed by atoms with E-state index in [1.807, 2.05) is 0 Å². The second-order valence-corrected chi connectivity index (χ2v) is 12.5. The first kappa shape index (κ1) is 33.9. The lowest BCUT2D eigenvalue weighted by Crippen LogP contribution is -2.30. The Morgan fingerprint density at radius 3 is 2.29 bits per heavy atom. The molecule has 244 valence electrons. The predicted octanol–water partition coefficient (Wildman–Crippen LogP) is 7.50. The molecule has 5 rings (SSSR count). The van der Waals surface area contributed by atoms with Gasteiger partial charge in [-0.05, 0) is 79.7 Å². The van der Waals surface area contributed by atoms with E-state index in [2.05, 4.69) is 20.9 Å². The minimum atomic E-state index is -0.555. The van der Waals surface area contributed by atoms with Crippen LogP contribution in [-0.2, 0) is 9.59 Å². The van der Waals surface area contributed by atoms with Gasteiger partial charge < -0.3 is 25.4 Å². The zero-order valence-electron chi connectivity index (χ0n) is 26.2. The summed E-state index contributed by atoms with van der Waals surface area (Å²) in [7, 11) is 3.01. The number of para-hydroxylation sites is 1. The van der Waals surface area contributed by atoms with E-state index in [0.717, 1.165) is 10.5 Å². The Balaban J connectivity index is 1.25. The minimum Gasteiger partial charge on any atom is -0.493 e. The van der Waals surface area contributed by atoms with Gasteiger partial charge in [0.1, 0.15) is 11.5 Å². The standard InChI is InChI=1S/C36H31FN4O5S2/c1-22(33(42)41-36-40-30(21-47-36)23-12-14-26(37)15-13-23)48-28-18-16-27(17-19-28)38-35(44)29(39-34(43)24-8-5-4-6-9-24)20-25-10-7-11-31(45-2)32(25)46-3/h4-22H,1-3H3,(H,38,44)(H,39,43)(H,40,41,42)/b29-20-. The zero-order valence-corrected chi connectivity index (χ0v) is 27.8. The molecule has 3 N–H and O–H groups in total. The average molecular weight is 683 g/mol. The smallest absolute Gasteiger partial charge is 0.272 e. The van der Waals surface area contributed by atoms with E-state index in [4.69, 9.17) is 9.47 Å². The largest absolute Gasteiger partial charge is 0.493 e. The molecule has 4 aromatic carbocycles. The summed E-state index contributed by atoms with van der Waals surface area (Å²) < 4.78 is 24.2. The molecule has 0 bridgehead atoms. The van der Waals surface area contributed by atoms with Crippen molar-refractivity contribution in [1.82, 2.24) is 10.3 Å². The number of nitrogens with zero attached hydrogens (tertiary/aromatic N) is 1. The van der Waals surface area contributed by atoms with Gasteiger partial charge in [0.25, 0.3) is 11.8 Å². The number of aromatic nitrogens is 1. The zero-order chi connectivity index (χ0) is 34.0. The molecule has 0 aliphatic rings. The van der Waals surface area contributed by atoms with Gasteiger partial charge in [-0.2, -0.15) is 0 Å². The fourth-order valence-electron chi connectivity index (χ4n) is 4.49. The SMILES string of the molecule is COc1cccc(/C=C(\NC(=O)c2ccccc2)C(=O)Nc2ccc(SC(C)C(=O)Nc3nc(-c4ccc(F)cc4)cs3)cc2)c1OC. The van der Waals surface area contributed by atoms with Crippen molar-refractivity contribution in [3.63, 3.8) is 0 Å². The summed E-state index contributed by atoms with van der Waals surface area (Å²) in [5, 5.41) is 10.2. The van der Waals surface area contributed by atoms with E-state index in [0.29, 0.717) is 39.1 Å². The van der Waals surface area contributed by atoms with Crippen molar-refractivity contribution in [3.05, 3.63) is 125 Å². The van der Waals surface area contributed by atoms with Crippen LogP contribution in [0.3, 0.4) is 0 Å². The summed E-state index contributed by atoms with van der Waals surface area (Å²) in [5.74, 6) is -0.694. The van der Waals surface area contributed by atoms with Crippen LogP contribution in [0.5, 0.6) is 11.5 Å². The number of halogens is 1. The van der Waals surface area contributed by atoms with E-state index in [1.165, 1.54) is 55.5 Å². The van der Waals surface area contributed by atoms with E-state index in [1.54, 1.807) is 97.2 Å². The maximum Gasteiger partial charge on any atom is 0.272 e. The first-order chi connectivity index (χ1) is 23.2. The van der Waals surface area contributed by atoms with Crippen LogP contribution in [0.15, 0.2) is 113 Å². The number of thiazole rings is 1. The summed E-state index contributed by atoms with van der Waals surface area (Å²) in [4.78, 5) is 44.7. The third-order valence-corrected chi connectivity index (χ3v) is 8.80. The molecule has 1 unspecified atom stereocenters. The van der Waals surface area contributed by atoms with Crippen molar-refractivity contribution < 1.29 is 28.2 Å². The Labute approximate surface area is 285 Å². The van der Waals surface area contributed by atoms with Crippen LogP contribution < -0.4 is 25.4 Å². The molecular formula is C36H31FN4O5S2. The Morgan fingerprint density at radius 1 is 0.875 bits per heavy atom. The van der Waals surface area contributed by atoms with Crippen LogP contribution in [-0.4, -0.2) is 42.2 Å². The van der Waals surface area contributed by atoms with Crippen molar-refractivity contribution >= 4 is 57.7 Å². The molecule has 0 saturated carbocycles. The van der Waals surface area contributed by atoms with Crippen molar-refractivity contribution in [2.24, 2.45) is 0 Å². The van der Waals surface area contributed by atoms with E-state index >= 15 is 0 Å². The van der Waals surface area contributed by atoms with Crippen LogP contribution in [0.1, 0.15) is 22.8 Å². The van der Waals surface area contributed by atoms with Crippen LogP contribution in [0.4, 0.5) is 15.2 Å². The first-order valence-corrected chi connectivity index (χ1v) is 16.4. The van der Waals surface area contributed by atoms with E-state index in [9.17, 15) is 18.8 Å². The van der Waals surface area contributed by atoms with E-state index < -0.39 is 17.1 Å². The lowest BCUT2D eigenvalue weighted by Gasteiger charge is -2.14. The number of hydrogen-bond acceptors (Lipinski definition) is 8. The molecule has 48 heavy (non-hydrogen) atoms. The molecule has 0 radical (unpaired) electrons. The summed E-state index contributed by atoms with van der Waals surface area (Å²) >= 11 is 2.63. The number of carbonyl (C=O) groups excluding carboxylic acids is 3. The van der Waals surface area contributed by atoms with E-state index in [-0.39, 0.29) is 17.4 Å². The maximum absolute atomic E-state index is 13.5. The van der Waals surface area contributed by atoms with Crippen LogP contribution in [0, 0.1) is 5.82 Å². The summed E-state index contributed by atoms with van der Waals surface area (Å²) in [6, 6.07) is 26.8. The monoisotopic (exact) mass is 682 g/mol. The van der Waals surface area contributed by atoms with Crippen molar-refractivity contribution in [3.8, 4) is 22.8 Å². The van der Waals surface area contributed by atoms with Crippen molar-refractivity contribution in [1.29, 1.82) is 0 Å². The number of amides is 3. The normalized spacial score (nSPS) is 11.7. The number of carbonyl (C=O) groups is 3. The molecule has 12 heteroatoms. The van der Waals surface area contributed by atoms with Gasteiger partial charge in [-0.3, -0.25) is 14.4 Å². The number of benzene rings is 4. The molecular weight excluding hydrogens is 652 g/mol. The average Bonchev–Trinajstić information content (AvgIpc) is 3.57. The summed E-state index contributed by atoms with van der Waals surface area (Å²) in [6.07, 6.45) is 1.52. The quantitative estimate of drug-likeness (QED) is 0.0922. The third kappa shape index (κ3) is 8.66. The molecule has 1 aromatic heterocycles. The lowest BCUT2D eigenvalue weighted by atomic mass is 10.1. The van der Waals surface area contributed by atoms with Crippen LogP contribution in [0.2, 0.25) is 0 Å². The van der Waals surface area contributed by atoms with Crippen LogP contribution in [0.25, 0.3) is 17.3 Å². The topological polar surface area (TPSA) is 119 Å². The summed E-state index contributed by atoms with van der Waals surface area (Å²) in [5.41, 5.74) is 2.78. The minimum absolute atomic E-state index is 0.0103. The van der Waals surface area contributed by atoms with Gasteiger partial charge in [0.15, 0.2) is 16.6 Å². The lowest BCUT2D eigenvalue weighted by molar-refractivity contribution is -0.115. The second kappa shape index (κ2) is 15.9. The molecule has 9 nitrogen and oxygen atoms in total. The Kier molecular flexibility index (Phi) is 11.2. The van der Waals surface area contributed by atoms with Crippen LogP contribution >= 0.6 is 23.1 Å². The highest BCUT2D eigenvalue weighted by Gasteiger charge is 2.19. The Hall–Kier alpha value is -5.46. The molecule has 1 atom stereocenters. The summed E-state index contributed by atoms with van der Waals surface area (Å²) in [6.45, 7) is 1.78. The van der Waals surface area contributed by atoms with Crippen molar-refractivity contribution in [2.75, 3.05) is 24.9 Å². The highest BCUT2D eigenvalue weighted by Crippen LogP contribution is 2.32. The highest BCUT2D eigenvalue weighted by atomic mass is 32.2. The molecule has 0 fully saturated rings. The maximum atomic E-state index is 13.5. The molecule has 1 heterocycles. The molecule has 3 amide bonds. The fourth-order valence-corrected chi connectivity index (χ4v) is 6.08. The first-order valence-electron chi connectivity index (χ1n) is 14.6. The third-order valence-electron chi connectivity index (χ3n) is 6.93. The Bertz CT molecular complexity index is 1930. The number of methoxy groups -OCH3 is 2. The molecule has 0 saturated heterocycles. The number of hydrogen-bond donors (Lipinski definition) is 3. The second-order valence-electron chi connectivity index (χ2n) is 10.2. The van der Waals surface area contributed by atoms with Gasteiger partial charge in [0, 0.05) is 32.7 Å². The molecule has 0 spiro atoms. The van der Waals surface area contributed by atoms with Gasteiger partial charge in [-0.15, -0.1) is 23.1 Å². The molecule has 5 aromatic rings. The number of nitrogens with one attached hydrogen (secondary N) is 3. The van der Waals surface area contributed by atoms with Crippen molar-refractivity contribution in [2.45, 2.75) is 17.1 Å². The van der Waals surface area contributed by atoms with Gasteiger partial charge in [0.05, 0.1) is 25.2 Å².